The van der Waals surface area contributed by atoms with Crippen molar-refractivity contribution in [2.45, 2.75) is 19.8 Å². The molecule has 0 unspecified atom stereocenters. The van der Waals surface area contributed by atoms with Crippen LogP contribution in [0.15, 0.2) is 18.2 Å². The molecule has 0 atom stereocenters. The third-order valence-corrected chi connectivity index (χ3v) is 2.63. The van der Waals surface area contributed by atoms with Crippen molar-refractivity contribution in [2.75, 3.05) is 5.32 Å². The number of amides is 1. The van der Waals surface area contributed by atoms with E-state index in [0.29, 0.717) is 12.1 Å². The fourth-order valence-corrected chi connectivity index (χ4v) is 1.73. The largest absolute Gasteiger partial charge is 0.478 e. The Morgan fingerprint density at radius 3 is 2.69 bits per heavy atom. The summed E-state index contributed by atoms with van der Waals surface area (Å²) in [4.78, 5) is 22.3. The van der Waals surface area contributed by atoms with Gasteiger partial charge >= 0.3 is 5.97 Å². The Bertz CT molecular complexity index is 418. The monoisotopic (exact) mass is 333 g/mol. The predicted molar refractivity (Wildman–Crippen MR) is 69.7 cm³/mol. The maximum Gasteiger partial charge on any atom is 0.337 e. The van der Waals surface area contributed by atoms with Crippen LogP contribution in [0.25, 0.3) is 0 Å². The number of anilines is 1. The van der Waals surface area contributed by atoms with Crippen molar-refractivity contribution >= 4 is 40.2 Å². The van der Waals surface area contributed by atoms with E-state index in [1.807, 2.05) is 29.5 Å². The highest BCUT2D eigenvalue weighted by Crippen LogP contribution is 2.19. The number of hydrogen-bond acceptors (Lipinski definition) is 2. The van der Waals surface area contributed by atoms with Gasteiger partial charge in [0.05, 0.1) is 11.3 Å². The van der Waals surface area contributed by atoms with Crippen LogP contribution in [0.4, 0.5) is 5.69 Å². The molecule has 0 aliphatic heterocycles. The van der Waals surface area contributed by atoms with Gasteiger partial charge in [-0.2, -0.15) is 0 Å². The number of carbonyl (C=O) groups excluding carboxylic acids is 1. The maximum atomic E-state index is 11.4. The molecule has 86 valence electrons. The summed E-state index contributed by atoms with van der Waals surface area (Å²) in [7, 11) is 0. The standard InChI is InChI=1S/C11H12INO3/c1-2-3-10(14)13-9-5-4-7(12)6-8(9)11(15)16/h4-6H,2-3H2,1H3,(H,13,14)(H,15,16). The molecule has 1 aromatic carbocycles. The number of carbonyl (C=O) groups is 2. The molecule has 16 heavy (non-hydrogen) atoms. The minimum Gasteiger partial charge on any atom is -0.478 e. The number of carboxylic acids is 1. The average molecular weight is 333 g/mol. The number of carboxylic acid groups (broad SMARTS) is 1. The number of rotatable bonds is 4. The van der Waals surface area contributed by atoms with Crippen molar-refractivity contribution in [1.82, 2.24) is 0 Å². The highest BCUT2D eigenvalue weighted by Gasteiger charge is 2.12. The second-order valence-electron chi connectivity index (χ2n) is 3.29. The Morgan fingerprint density at radius 2 is 2.12 bits per heavy atom. The van der Waals surface area contributed by atoms with Crippen molar-refractivity contribution in [3.05, 3.63) is 27.3 Å². The molecule has 0 radical (unpaired) electrons. The molecule has 5 heteroatoms. The first-order chi connectivity index (χ1) is 7.54. The van der Waals surface area contributed by atoms with Crippen molar-refractivity contribution in [2.24, 2.45) is 0 Å². The first-order valence-electron chi connectivity index (χ1n) is 4.87. The third kappa shape index (κ3) is 3.48. The molecule has 1 aromatic rings. The summed E-state index contributed by atoms with van der Waals surface area (Å²) < 4.78 is 0.823. The highest BCUT2D eigenvalue weighted by atomic mass is 127. The van der Waals surface area contributed by atoms with Crippen LogP contribution in [0.5, 0.6) is 0 Å². The zero-order valence-electron chi connectivity index (χ0n) is 8.79. The van der Waals surface area contributed by atoms with E-state index in [-0.39, 0.29) is 11.5 Å². The zero-order valence-corrected chi connectivity index (χ0v) is 10.9. The van der Waals surface area contributed by atoms with Crippen LogP contribution < -0.4 is 5.32 Å². The van der Waals surface area contributed by atoms with Crippen LogP contribution >= 0.6 is 22.6 Å². The van der Waals surface area contributed by atoms with Gasteiger partial charge in [0.2, 0.25) is 5.91 Å². The molecule has 0 saturated carbocycles. The van der Waals surface area contributed by atoms with E-state index in [1.165, 1.54) is 6.07 Å². The summed E-state index contributed by atoms with van der Waals surface area (Å²) in [5.74, 6) is -1.20. The van der Waals surface area contributed by atoms with Crippen LogP contribution in [0.2, 0.25) is 0 Å². The summed E-state index contributed by atoms with van der Waals surface area (Å²) in [5, 5.41) is 11.6. The van der Waals surface area contributed by atoms with E-state index in [2.05, 4.69) is 5.32 Å². The summed E-state index contributed by atoms with van der Waals surface area (Å²) in [6.45, 7) is 1.89. The van der Waals surface area contributed by atoms with Crippen LogP contribution in [-0.2, 0) is 4.79 Å². The molecule has 0 aromatic heterocycles. The van der Waals surface area contributed by atoms with Crippen LogP contribution in [0.1, 0.15) is 30.1 Å². The maximum absolute atomic E-state index is 11.4. The molecule has 0 aliphatic carbocycles. The molecule has 4 nitrogen and oxygen atoms in total. The minimum atomic E-state index is -1.04. The smallest absolute Gasteiger partial charge is 0.337 e. The first-order valence-corrected chi connectivity index (χ1v) is 5.95. The van der Waals surface area contributed by atoms with Gasteiger partial charge in [0.25, 0.3) is 0 Å². The number of aromatic carboxylic acids is 1. The first kappa shape index (κ1) is 13.0. The quantitative estimate of drug-likeness (QED) is 0.833. The molecule has 1 amide bonds. The van der Waals surface area contributed by atoms with Crippen molar-refractivity contribution in [1.29, 1.82) is 0 Å². The van der Waals surface area contributed by atoms with E-state index < -0.39 is 5.97 Å². The van der Waals surface area contributed by atoms with Gasteiger partial charge in [-0.05, 0) is 47.2 Å². The van der Waals surface area contributed by atoms with Gasteiger partial charge < -0.3 is 10.4 Å². The summed E-state index contributed by atoms with van der Waals surface area (Å²) >= 11 is 2.03. The summed E-state index contributed by atoms with van der Waals surface area (Å²) in [6, 6.07) is 4.90. The van der Waals surface area contributed by atoms with E-state index in [1.54, 1.807) is 12.1 Å². The van der Waals surface area contributed by atoms with Gasteiger partial charge in [-0.3, -0.25) is 4.79 Å². The molecule has 1 rings (SSSR count). The Morgan fingerprint density at radius 1 is 1.44 bits per heavy atom. The van der Waals surface area contributed by atoms with Gasteiger partial charge in [-0.25, -0.2) is 4.79 Å². The Kier molecular flexibility index (Phi) is 4.72. The van der Waals surface area contributed by atoms with Crippen LogP contribution in [-0.4, -0.2) is 17.0 Å². The number of hydrogen-bond donors (Lipinski definition) is 2. The van der Waals surface area contributed by atoms with E-state index in [0.717, 1.165) is 9.99 Å². The second kappa shape index (κ2) is 5.83. The Hall–Kier alpha value is -1.11. The SMILES string of the molecule is CCCC(=O)Nc1ccc(I)cc1C(=O)O. The lowest BCUT2D eigenvalue weighted by Gasteiger charge is -2.08. The topological polar surface area (TPSA) is 66.4 Å². The lowest BCUT2D eigenvalue weighted by molar-refractivity contribution is -0.116. The molecule has 0 spiro atoms. The summed E-state index contributed by atoms with van der Waals surface area (Å²) in [6.07, 6.45) is 1.13. The van der Waals surface area contributed by atoms with Gasteiger partial charge in [0, 0.05) is 9.99 Å². The number of halogens is 1. The summed E-state index contributed by atoms with van der Waals surface area (Å²) in [5.41, 5.74) is 0.475. The third-order valence-electron chi connectivity index (χ3n) is 1.96. The predicted octanol–water partition coefficient (Wildman–Crippen LogP) is 2.73. The van der Waals surface area contributed by atoms with Gasteiger partial charge in [-0.15, -0.1) is 0 Å². The van der Waals surface area contributed by atoms with E-state index >= 15 is 0 Å². The fourth-order valence-electron chi connectivity index (χ4n) is 1.24. The van der Waals surface area contributed by atoms with Gasteiger partial charge in [-0.1, -0.05) is 6.92 Å². The molecule has 0 aliphatic rings. The average Bonchev–Trinajstić information content (AvgIpc) is 2.20. The normalized spacial score (nSPS) is 9.88. The molecule has 0 bridgehead atoms. The van der Waals surface area contributed by atoms with Gasteiger partial charge in [0.15, 0.2) is 0 Å². The Labute approximate surface area is 107 Å². The second-order valence-corrected chi connectivity index (χ2v) is 4.54. The molecule has 2 N–H and O–H groups in total. The molecule has 0 fully saturated rings. The highest BCUT2D eigenvalue weighted by molar-refractivity contribution is 14.1. The molecular weight excluding hydrogens is 321 g/mol. The van der Waals surface area contributed by atoms with Crippen LogP contribution in [0, 0.1) is 3.57 Å². The molecular formula is C11H12INO3. The fraction of sp³-hybridized carbons (Fsp3) is 0.273. The lowest BCUT2D eigenvalue weighted by atomic mass is 10.1. The number of nitrogens with one attached hydrogen (secondary N) is 1. The van der Waals surface area contributed by atoms with Crippen LogP contribution in [0.3, 0.4) is 0 Å². The van der Waals surface area contributed by atoms with Crippen molar-refractivity contribution in [3.63, 3.8) is 0 Å². The Balaban J connectivity index is 2.95. The molecule has 0 heterocycles. The van der Waals surface area contributed by atoms with E-state index in [4.69, 9.17) is 5.11 Å². The zero-order chi connectivity index (χ0) is 12.1. The minimum absolute atomic E-state index is 0.122. The van der Waals surface area contributed by atoms with E-state index in [9.17, 15) is 9.59 Å². The van der Waals surface area contributed by atoms with Crippen molar-refractivity contribution in [3.8, 4) is 0 Å². The number of benzene rings is 1. The van der Waals surface area contributed by atoms with Gasteiger partial charge in [0.1, 0.15) is 0 Å². The van der Waals surface area contributed by atoms with Crippen molar-refractivity contribution < 1.29 is 14.7 Å². The molecule has 0 saturated heterocycles. The lowest BCUT2D eigenvalue weighted by Crippen LogP contribution is -2.14.